The normalized spacial score (nSPS) is 10.5. The van der Waals surface area contributed by atoms with Gasteiger partial charge < -0.3 is 20.3 Å². The van der Waals surface area contributed by atoms with Gasteiger partial charge in [0.2, 0.25) is 11.9 Å². The summed E-state index contributed by atoms with van der Waals surface area (Å²) in [4.78, 5) is 23.2. The summed E-state index contributed by atoms with van der Waals surface area (Å²) in [7, 11) is 3.62. The first-order valence-corrected chi connectivity index (χ1v) is 10.6. The zero-order chi connectivity index (χ0) is 22.1. The van der Waals surface area contributed by atoms with Gasteiger partial charge in [-0.25, -0.2) is 4.98 Å². The van der Waals surface area contributed by atoms with Gasteiger partial charge in [-0.2, -0.15) is 4.98 Å². The SMILES string of the molecule is COCCNSc1cccc(Nc2nccc(N(C)c3ccc(NC(C)=O)cc3)n2)c1. The van der Waals surface area contributed by atoms with Crippen molar-refractivity contribution in [3.63, 3.8) is 0 Å². The van der Waals surface area contributed by atoms with Gasteiger partial charge in [-0.3, -0.25) is 9.52 Å². The highest BCUT2D eigenvalue weighted by molar-refractivity contribution is 7.97. The van der Waals surface area contributed by atoms with Gasteiger partial charge in [-0.15, -0.1) is 0 Å². The lowest BCUT2D eigenvalue weighted by molar-refractivity contribution is -0.114. The van der Waals surface area contributed by atoms with Crippen molar-refractivity contribution in [3.05, 3.63) is 60.8 Å². The van der Waals surface area contributed by atoms with Gasteiger partial charge in [0.25, 0.3) is 0 Å². The van der Waals surface area contributed by atoms with E-state index >= 15 is 0 Å². The molecule has 0 bridgehead atoms. The van der Waals surface area contributed by atoms with E-state index in [0.29, 0.717) is 12.6 Å². The second-order valence-electron chi connectivity index (χ2n) is 6.67. The van der Waals surface area contributed by atoms with Gasteiger partial charge >= 0.3 is 0 Å². The van der Waals surface area contributed by atoms with Crippen LogP contribution in [0.4, 0.5) is 28.8 Å². The first-order valence-electron chi connectivity index (χ1n) is 9.75. The second-order valence-corrected chi connectivity index (χ2v) is 7.63. The van der Waals surface area contributed by atoms with Gasteiger partial charge in [0.1, 0.15) is 5.82 Å². The summed E-state index contributed by atoms with van der Waals surface area (Å²) in [6, 6.07) is 17.4. The topological polar surface area (TPSA) is 91.4 Å². The molecule has 0 saturated heterocycles. The maximum absolute atomic E-state index is 11.2. The minimum atomic E-state index is -0.0964. The Morgan fingerprint density at radius 3 is 2.68 bits per heavy atom. The van der Waals surface area contributed by atoms with Gasteiger partial charge in [-0.1, -0.05) is 6.07 Å². The number of benzene rings is 2. The number of carbonyl (C=O) groups is 1. The molecule has 0 radical (unpaired) electrons. The Bertz CT molecular complexity index is 999. The summed E-state index contributed by atoms with van der Waals surface area (Å²) in [5, 5.41) is 6.03. The Labute approximate surface area is 186 Å². The Balaban J connectivity index is 1.66. The Hall–Kier alpha value is -3.14. The summed E-state index contributed by atoms with van der Waals surface area (Å²) in [6.07, 6.45) is 1.72. The molecule has 1 heterocycles. The molecule has 0 fully saturated rings. The molecule has 31 heavy (non-hydrogen) atoms. The van der Waals surface area contributed by atoms with Crippen molar-refractivity contribution < 1.29 is 9.53 Å². The predicted octanol–water partition coefficient (Wildman–Crippen LogP) is 4.19. The van der Waals surface area contributed by atoms with Crippen molar-refractivity contribution in [2.75, 3.05) is 42.8 Å². The molecule has 0 aliphatic rings. The number of aromatic nitrogens is 2. The van der Waals surface area contributed by atoms with Crippen LogP contribution in [-0.4, -0.2) is 43.2 Å². The van der Waals surface area contributed by atoms with Crippen LogP contribution in [0.1, 0.15) is 6.92 Å². The van der Waals surface area contributed by atoms with Crippen LogP contribution in [0.25, 0.3) is 0 Å². The van der Waals surface area contributed by atoms with Crippen molar-refractivity contribution in [2.24, 2.45) is 0 Å². The monoisotopic (exact) mass is 438 g/mol. The van der Waals surface area contributed by atoms with Crippen LogP contribution in [0, 0.1) is 0 Å². The molecule has 2 aromatic carbocycles. The van der Waals surface area contributed by atoms with Gasteiger partial charge in [-0.05, 0) is 60.5 Å². The average molecular weight is 439 g/mol. The van der Waals surface area contributed by atoms with Gasteiger partial charge in [0.05, 0.1) is 6.61 Å². The number of nitrogens with one attached hydrogen (secondary N) is 3. The second kappa shape index (κ2) is 11.3. The molecule has 3 N–H and O–H groups in total. The van der Waals surface area contributed by atoms with Crippen LogP contribution >= 0.6 is 11.9 Å². The molecular formula is C22H26N6O2S. The minimum Gasteiger partial charge on any atom is -0.383 e. The van der Waals surface area contributed by atoms with E-state index in [1.54, 1.807) is 25.3 Å². The minimum absolute atomic E-state index is 0.0964. The molecule has 8 nitrogen and oxygen atoms in total. The number of rotatable bonds is 10. The molecule has 9 heteroatoms. The molecule has 0 aliphatic carbocycles. The van der Waals surface area contributed by atoms with E-state index in [9.17, 15) is 4.79 Å². The first kappa shape index (κ1) is 22.5. The number of amides is 1. The summed E-state index contributed by atoms with van der Waals surface area (Å²) >= 11 is 1.55. The van der Waals surface area contributed by atoms with Crippen molar-refractivity contribution >= 4 is 46.7 Å². The van der Waals surface area contributed by atoms with Crippen molar-refractivity contribution in [2.45, 2.75) is 11.8 Å². The largest absolute Gasteiger partial charge is 0.383 e. The third-order valence-corrected chi connectivity index (χ3v) is 5.09. The Morgan fingerprint density at radius 1 is 1.13 bits per heavy atom. The number of ether oxygens (including phenoxy) is 1. The van der Waals surface area contributed by atoms with Crippen LogP contribution in [0.3, 0.4) is 0 Å². The zero-order valence-corrected chi connectivity index (χ0v) is 18.6. The van der Waals surface area contributed by atoms with Crippen LogP contribution in [0.2, 0.25) is 0 Å². The summed E-state index contributed by atoms with van der Waals surface area (Å²) in [6.45, 7) is 2.92. The fraction of sp³-hybridized carbons (Fsp3) is 0.227. The molecule has 1 amide bonds. The fourth-order valence-electron chi connectivity index (χ4n) is 2.74. The lowest BCUT2D eigenvalue weighted by atomic mass is 10.2. The lowest BCUT2D eigenvalue weighted by Gasteiger charge is -2.19. The zero-order valence-electron chi connectivity index (χ0n) is 17.8. The third-order valence-electron chi connectivity index (χ3n) is 4.25. The average Bonchev–Trinajstić information content (AvgIpc) is 2.77. The first-order chi connectivity index (χ1) is 15.0. The van der Waals surface area contributed by atoms with Crippen LogP contribution in [-0.2, 0) is 9.53 Å². The summed E-state index contributed by atoms with van der Waals surface area (Å²) < 4.78 is 8.29. The highest BCUT2D eigenvalue weighted by Gasteiger charge is 2.08. The number of nitrogens with zero attached hydrogens (tertiary/aromatic N) is 3. The molecule has 1 aromatic heterocycles. The quantitative estimate of drug-likeness (QED) is 0.321. The highest BCUT2D eigenvalue weighted by Crippen LogP contribution is 2.25. The Kier molecular flexibility index (Phi) is 8.22. The number of hydrogen-bond donors (Lipinski definition) is 3. The third kappa shape index (κ3) is 6.95. The molecule has 0 spiro atoms. The molecule has 3 aromatic rings. The van der Waals surface area contributed by atoms with E-state index < -0.39 is 0 Å². The molecule has 0 unspecified atom stereocenters. The van der Waals surface area contributed by atoms with Crippen molar-refractivity contribution in [1.29, 1.82) is 0 Å². The summed E-state index contributed by atoms with van der Waals surface area (Å²) in [5.74, 6) is 1.16. The fourth-order valence-corrected chi connectivity index (χ4v) is 3.43. The van der Waals surface area contributed by atoms with E-state index in [2.05, 4.69) is 25.3 Å². The van der Waals surface area contributed by atoms with Crippen molar-refractivity contribution in [1.82, 2.24) is 14.7 Å². The van der Waals surface area contributed by atoms with E-state index in [1.807, 2.05) is 66.5 Å². The van der Waals surface area contributed by atoms with E-state index in [4.69, 9.17) is 4.74 Å². The number of carbonyl (C=O) groups excluding carboxylic acids is 1. The number of hydrogen-bond acceptors (Lipinski definition) is 8. The molecule has 0 aliphatic heterocycles. The molecule has 3 rings (SSSR count). The van der Waals surface area contributed by atoms with E-state index in [-0.39, 0.29) is 5.91 Å². The maximum Gasteiger partial charge on any atom is 0.229 e. The van der Waals surface area contributed by atoms with Crippen LogP contribution in [0.5, 0.6) is 0 Å². The smallest absolute Gasteiger partial charge is 0.229 e. The number of methoxy groups -OCH3 is 1. The number of anilines is 5. The molecule has 162 valence electrons. The Morgan fingerprint density at radius 2 is 1.94 bits per heavy atom. The van der Waals surface area contributed by atoms with Crippen LogP contribution in [0.15, 0.2) is 65.7 Å². The predicted molar refractivity (Wildman–Crippen MR) is 126 cm³/mol. The van der Waals surface area contributed by atoms with E-state index in [0.717, 1.165) is 34.3 Å². The standard InChI is InChI=1S/C22H26N6O2S/c1-16(29)25-17-7-9-19(10-8-17)28(2)21-11-12-23-22(27-21)26-18-5-4-6-20(15-18)31-24-13-14-30-3/h4-12,15,24H,13-14H2,1-3H3,(H,25,29)(H,23,26,27). The summed E-state index contributed by atoms with van der Waals surface area (Å²) in [5.41, 5.74) is 2.60. The molecule has 0 saturated carbocycles. The lowest BCUT2D eigenvalue weighted by Crippen LogP contribution is -2.13. The molecule has 0 atom stereocenters. The van der Waals surface area contributed by atoms with Gasteiger partial charge in [0, 0.05) is 55.8 Å². The maximum atomic E-state index is 11.2. The van der Waals surface area contributed by atoms with Gasteiger partial charge in [0.15, 0.2) is 0 Å². The highest BCUT2D eigenvalue weighted by atomic mass is 32.2. The van der Waals surface area contributed by atoms with Crippen molar-refractivity contribution in [3.8, 4) is 0 Å². The van der Waals surface area contributed by atoms with E-state index in [1.165, 1.54) is 6.92 Å². The van der Waals surface area contributed by atoms with Crippen LogP contribution < -0.4 is 20.3 Å². The molecular weight excluding hydrogens is 412 g/mol.